The van der Waals surface area contributed by atoms with Gasteiger partial charge in [0.05, 0.1) is 6.61 Å². The van der Waals surface area contributed by atoms with Crippen LogP contribution < -0.4 is 5.32 Å². The highest BCUT2D eigenvalue weighted by atomic mass is 79.9. The zero-order valence-corrected chi connectivity index (χ0v) is 13.8. The summed E-state index contributed by atoms with van der Waals surface area (Å²) in [6.07, 6.45) is 2.26. The predicted molar refractivity (Wildman–Crippen MR) is 81.3 cm³/mol. The van der Waals surface area contributed by atoms with Crippen molar-refractivity contribution < 1.29 is 4.74 Å². The van der Waals surface area contributed by atoms with Crippen LogP contribution in [0.25, 0.3) is 0 Å². The maximum Gasteiger partial charge on any atom is 0.0538 e. The molecule has 0 amide bonds. The number of rotatable bonds is 4. The summed E-state index contributed by atoms with van der Waals surface area (Å²) < 4.78 is 6.91. The number of thiophene rings is 1. The van der Waals surface area contributed by atoms with Gasteiger partial charge in [-0.3, -0.25) is 0 Å². The Morgan fingerprint density at radius 1 is 1.50 bits per heavy atom. The van der Waals surface area contributed by atoms with E-state index in [4.69, 9.17) is 4.74 Å². The SMILES string of the molecule is CC(C)(C)NCC1(Cc2sccc2Br)CCOC1. The summed E-state index contributed by atoms with van der Waals surface area (Å²) >= 11 is 5.48. The molecule has 1 aromatic rings. The van der Waals surface area contributed by atoms with E-state index in [0.29, 0.717) is 0 Å². The van der Waals surface area contributed by atoms with E-state index in [1.54, 1.807) is 0 Å². The van der Waals surface area contributed by atoms with Crippen LogP contribution in [0.2, 0.25) is 0 Å². The Morgan fingerprint density at radius 2 is 2.28 bits per heavy atom. The molecule has 18 heavy (non-hydrogen) atoms. The maximum absolute atomic E-state index is 5.66. The Kier molecular flexibility index (Phi) is 4.52. The molecule has 0 saturated carbocycles. The minimum atomic E-state index is 0.169. The molecule has 0 aliphatic carbocycles. The Bertz CT molecular complexity index is 391. The summed E-state index contributed by atoms with van der Waals surface area (Å²) in [6, 6.07) is 2.14. The van der Waals surface area contributed by atoms with E-state index in [2.05, 4.69) is 53.5 Å². The van der Waals surface area contributed by atoms with Crippen molar-refractivity contribution in [2.75, 3.05) is 19.8 Å². The molecule has 1 saturated heterocycles. The van der Waals surface area contributed by atoms with E-state index in [9.17, 15) is 0 Å². The van der Waals surface area contributed by atoms with Gasteiger partial charge in [0.1, 0.15) is 0 Å². The van der Waals surface area contributed by atoms with Gasteiger partial charge in [-0.2, -0.15) is 0 Å². The summed E-state index contributed by atoms with van der Waals surface area (Å²) in [5.74, 6) is 0. The van der Waals surface area contributed by atoms with Crippen molar-refractivity contribution in [3.63, 3.8) is 0 Å². The first-order chi connectivity index (χ1) is 8.40. The summed E-state index contributed by atoms with van der Waals surface area (Å²) in [5, 5.41) is 5.80. The lowest BCUT2D eigenvalue weighted by Gasteiger charge is -2.32. The molecule has 1 atom stereocenters. The molecular weight excluding hydrogens is 310 g/mol. The topological polar surface area (TPSA) is 21.3 Å². The highest BCUT2D eigenvalue weighted by Crippen LogP contribution is 2.36. The molecule has 102 valence electrons. The molecule has 0 aromatic carbocycles. The molecule has 2 nitrogen and oxygen atoms in total. The minimum Gasteiger partial charge on any atom is -0.381 e. The first-order valence-corrected chi connectivity index (χ1v) is 8.12. The van der Waals surface area contributed by atoms with Crippen molar-refractivity contribution in [3.05, 3.63) is 20.8 Å². The largest absolute Gasteiger partial charge is 0.381 e. The van der Waals surface area contributed by atoms with Crippen LogP contribution in [0.15, 0.2) is 15.9 Å². The zero-order chi connectivity index (χ0) is 13.2. The van der Waals surface area contributed by atoms with Crippen LogP contribution in [0.3, 0.4) is 0 Å². The average molecular weight is 332 g/mol. The molecule has 1 aromatic heterocycles. The Labute approximate surface area is 122 Å². The van der Waals surface area contributed by atoms with Crippen LogP contribution >= 0.6 is 27.3 Å². The molecule has 1 aliphatic heterocycles. The third-order valence-corrected chi connectivity index (χ3v) is 5.33. The molecule has 4 heteroatoms. The van der Waals surface area contributed by atoms with E-state index in [-0.39, 0.29) is 11.0 Å². The van der Waals surface area contributed by atoms with Gasteiger partial charge in [0, 0.05) is 33.5 Å². The van der Waals surface area contributed by atoms with Crippen molar-refractivity contribution in [1.29, 1.82) is 0 Å². The molecule has 2 heterocycles. The van der Waals surface area contributed by atoms with Crippen LogP contribution in [0.4, 0.5) is 0 Å². The van der Waals surface area contributed by atoms with Crippen LogP contribution in [0.5, 0.6) is 0 Å². The number of hydrogen-bond donors (Lipinski definition) is 1. The lowest BCUT2D eigenvalue weighted by molar-refractivity contribution is 0.144. The number of hydrogen-bond acceptors (Lipinski definition) is 3. The highest BCUT2D eigenvalue weighted by Gasteiger charge is 2.36. The van der Waals surface area contributed by atoms with Crippen LogP contribution in [-0.2, 0) is 11.2 Å². The smallest absolute Gasteiger partial charge is 0.0538 e. The number of halogens is 1. The predicted octanol–water partition coefficient (Wildman–Crippen LogP) is 3.85. The average Bonchev–Trinajstić information content (AvgIpc) is 2.87. The molecule has 1 unspecified atom stereocenters. The Morgan fingerprint density at radius 3 is 2.78 bits per heavy atom. The highest BCUT2D eigenvalue weighted by molar-refractivity contribution is 9.10. The van der Waals surface area contributed by atoms with E-state index < -0.39 is 0 Å². The Balaban J connectivity index is 2.05. The fourth-order valence-corrected chi connectivity index (χ4v) is 3.90. The van der Waals surface area contributed by atoms with Crippen molar-refractivity contribution in [2.45, 2.75) is 39.2 Å². The lowest BCUT2D eigenvalue weighted by atomic mass is 9.82. The molecule has 1 fully saturated rings. The van der Waals surface area contributed by atoms with Crippen LogP contribution in [0, 0.1) is 5.41 Å². The number of nitrogens with one attached hydrogen (secondary N) is 1. The van der Waals surface area contributed by atoms with Gasteiger partial charge in [0.2, 0.25) is 0 Å². The molecule has 1 aliphatic rings. The summed E-state index contributed by atoms with van der Waals surface area (Å²) in [6.45, 7) is 9.46. The van der Waals surface area contributed by atoms with E-state index >= 15 is 0 Å². The van der Waals surface area contributed by atoms with Crippen LogP contribution in [0.1, 0.15) is 32.1 Å². The van der Waals surface area contributed by atoms with Gasteiger partial charge >= 0.3 is 0 Å². The monoisotopic (exact) mass is 331 g/mol. The van der Waals surface area contributed by atoms with Crippen molar-refractivity contribution in [1.82, 2.24) is 5.32 Å². The second-order valence-corrected chi connectivity index (χ2v) is 8.13. The van der Waals surface area contributed by atoms with Gasteiger partial charge < -0.3 is 10.1 Å². The normalized spacial score (nSPS) is 24.7. The van der Waals surface area contributed by atoms with Gasteiger partial charge in [0.25, 0.3) is 0 Å². The van der Waals surface area contributed by atoms with E-state index in [1.165, 1.54) is 9.35 Å². The number of ether oxygens (including phenoxy) is 1. The Hall–Kier alpha value is 0.1000. The minimum absolute atomic E-state index is 0.169. The fraction of sp³-hybridized carbons (Fsp3) is 0.714. The molecule has 1 N–H and O–H groups in total. The molecule has 0 spiro atoms. The molecular formula is C14H22BrNOS. The van der Waals surface area contributed by atoms with Gasteiger partial charge in [-0.05, 0) is 61.0 Å². The van der Waals surface area contributed by atoms with Crippen molar-refractivity contribution in [2.24, 2.45) is 5.41 Å². The second kappa shape index (κ2) is 5.61. The van der Waals surface area contributed by atoms with Gasteiger partial charge in [-0.15, -0.1) is 11.3 Å². The lowest BCUT2D eigenvalue weighted by Crippen LogP contribution is -2.45. The van der Waals surface area contributed by atoms with E-state index in [0.717, 1.165) is 32.6 Å². The molecule has 0 radical (unpaired) electrons. The zero-order valence-electron chi connectivity index (χ0n) is 11.4. The first kappa shape index (κ1) is 14.5. The van der Waals surface area contributed by atoms with Gasteiger partial charge in [-0.25, -0.2) is 0 Å². The summed E-state index contributed by atoms with van der Waals surface area (Å²) in [7, 11) is 0. The second-order valence-electron chi connectivity index (χ2n) is 6.27. The molecule has 2 rings (SSSR count). The molecule has 0 bridgehead atoms. The van der Waals surface area contributed by atoms with Gasteiger partial charge in [0.15, 0.2) is 0 Å². The quantitative estimate of drug-likeness (QED) is 0.904. The van der Waals surface area contributed by atoms with Crippen molar-refractivity contribution >= 4 is 27.3 Å². The fourth-order valence-electron chi connectivity index (χ4n) is 2.24. The van der Waals surface area contributed by atoms with Crippen LogP contribution in [-0.4, -0.2) is 25.3 Å². The first-order valence-electron chi connectivity index (χ1n) is 6.45. The van der Waals surface area contributed by atoms with Gasteiger partial charge in [-0.1, -0.05) is 0 Å². The summed E-state index contributed by atoms with van der Waals surface area (Å²) in [4.78, 5) is 1.44. The van der Waals surface area contributed by atoms with E-state index in [1.807, 2.05) is 11.3 Å². The third kappa shape index (κ3) is 3.80. The third-order valence-electron chi connectivity index (χ3n) is 3.41. The maximum atomic E-state index is 5.66. The standard InChI is InChI=1S/C14H22BrNOS/c1-13(2,3)16-9-14(5-6-17-10-14)8-12-11(15)4-7-18-12/h4,7,16H,5-6,8-10H2,1-3H3. The van der Waals surface area contributed by atoms with Crippen molar-refractivity contribution in [3.8, 4) is 0 Å². The summed E-state index contributed by atoms with van der Waals surface area (Å²) in [5.41, 5.74) is 0.433.